The molecule has 2 aliphatic rings. The summed E-state index contributed by atoms with van der Waals surface area (Å²) in [6, 6.07) is -0.841. The van der Waals surface area contributed by atoms with Crippen LogP contribution >= 0.6 is 0 Å². The van der Waals surface area contributed by atoms with Gasteiger partial charge in [-0.3, -0.25) is 29.0 Å². The van der Waals surface area contributed by atoms with Gasteiger partial charge in [0.25, 0.3) is 17.7 Å². The second kappa shape index (κ2) is 3.80. The minimum atomic E-state index is -0.841. The number of likely N-dealkylation sites (N-methyl/N-ethyl adjacent to an activating group) is 1. The normalized spacial score (nSPS) is 25.8. The van der Waals surface area contributed by atoms with Gasteiger partial charge in [0.2, 0.25) is 5.91 Å². The van der Waals surface area contributed by atoms with E-state index in [-0.39, 0.29) is 18.7 Å². The Morgan fingerprint density at radius 2 is 1.88 bits per heavy atom. The molecule has 2 aliphatic heterocycles. The van der Waals surface area contributed by atoms with E-state index in [1.807, 2.05) is 0 Å². The Bertz CT molecular complexity index is 466. The summed E-state index contributed by atoms with van der Waals surface area (Å²) in [5.41, 5.74) is 0.322. The molecule has 17 heavy (non-hydrogen) atoms. The number of carbonyl (C=O) groups is 4. The summed E-state index contributed by atoms with van der Waals surface area (Å²) in [6.45, 7) is 1.53. The highest BCUT2D eigenvalue weighted by Crippen LogP contribution is 2.23. The molecule has 1 unspecified atom stereocenters. The van der Waals surface area contributed by atoms with Crippen LogP contribution in [-0.4, -0.2) is 46.5 Å². The zero-order valence-electron chi connectivity index (χ0n) is 9.60. The molecule has 0 radical (unpaired) electrons. The number of likely N-dealkylation sites (tertiary alicyclic amines) is 1. The molecule has 0 N–H and O–H groups in total. The van der Waals surface area contributed by atoms with E-state index in [9.17, 15) is 19.2 Å². The fourth-order valence-electron chi connectivity index (χ4n) is 2.04. The van der Waals surface area contributed by atoms with Crippen LogP contribution in [0.4, 0.5) is 0 Å². The van der Waals surface area contributed by atoms with E-state index in [4.69, 9.17) is 0 Å². The first kappa shape index (κ1) is 11.5. The van der Waals surface area contributed by atoms with Crippen LogP contribution in [0.15, 0.2) is 11.6 Å². The van der Waals surface area contributed by atoms with Gasteiger partial charge in [0.05, 0.1) is 0 Å². The summed E-state index contributed by atoms with van der Waals surface area (Å²) in [5, 5.41) is 0. The van der Waals surface area contributed by atoms with Crippen molar-refractivity contribution >= 4 is 23.6 Å². The van der Waals surface area contributed by atoms with E-state index in [1.165, 1.54) is 20.0 Å². The largest absolute Gasteiger partial charge is 0.284 e. The van der Waals surface area contributed by atoms with E-state index in [0.29, 0.717) is 5.57 Å². The lowest BCUT2D eigenvalue weighted by Gasteiger charge is -2.32. The molecule has 0 aliphatic carbocycles. The molecular formula is C11H12N2O4. The van der Waals surface area contributed by atoms with Crippen molar-refractivity contribution in [1.82, 2.24) is 9.80 Å². The fraction of sp³-hybridized carbons (Fsp3) is 0.455. The van der Waals surface area contributed by atoms with Gasteiger partial charge < -0.3 is 0 Å². The van der Waals surface area contributed by atoms with Crippen molar-refractivity contribution in [3.05, 3.63) is 11.6 Å². The molecule has 0 aromatic carbocycles. The summed E-state index contributed by atoms with van der Waals surface area (Å²) in [6.07, 6.45) is 1.59. The Labute approximate surface area is 97.9 Å². The number of nitrogens with zero attached hydrogens (tertiary/aromatic N) is 2. The molecule has 2 heterocycles. The number of imide groups is 2. The molecule has 4 amide bonds. The van der Waals surface area contributed by atoms with Gasteiger partial charge in [0.15, 0.2) is 0 Å². The second-order valence-electron chi connectivity index (χ2n) is 4.19. The van der Waals surface area contributed by atoms with Crippen molar-refractivity contribution in [2.45, 2.75) is 25.8 Å². The van der Waals surface area contributed by atoms with E-state index in [1.54, 1.807) is 0 Å². The number of hydrogen-bond donors (Lipinski definition) is 0. The minimum absolute atomic E-state index is 0.170. The standard InChI is InChI=1S/C11H12N2O4/c1-6-5-9(15)13(10(6)16)7-3-4-8(14)12(2)11(7)17/h5,7H,3-4H2,1-2H3. The van der Waals surface area contributed by atoms with Crippen LogP contribution in [0, 0.1) is 0 Å². The quantitative estimate of drug-likeness (QED) is 0.572. The highest BCUT2D eigenvalue weighted by molar-refractivity contribution is 6.18. The Kier molecular flexibility index (Phi) is 2.57. The SMILES string of the molecule is CC1=CC(=O)N(C2CCC(=O)N(C)C2=O)C1=O. The third kappa shape index (κ3) is 1.65. The van der Waals surface area contributed by atoms with Crippen LogP contribution in [0.3, 0.4) is 0 Å². The Hall–Kier alpha value is -1.98. The first-order chi connectivity index (χ1) is 7.93. The molecule has 2 rings (SSSR count). The lowest BCUT2D eigenvalue weighted by Crippen LogP contribution is -2.55. The highest BCUT2D eigenvalue weighted by atomic mass is 16.2. The van der Waals surface area contributed by atoms with Crippen LogP contribution in [0.5, 0.6) is 0 Å². The van der Waals surface area contributed by atoms with Gasteiger partial charge in [-0.15, -0.1) is 0 Å². The summed E-state index contributed by atoms with van der Waals surface area (Å²) in [5.74, 6) is -1.70. The fourth-order valence-corrected chi connectivity index (χ4v) is 2.04. The predicted molar refractivity (Wildman–Crippen MR) is 56.4 cm³/mol. The van der Waals surface area contributed by atoms with Crippen molar-refractivity contribution in [3.8, 4) is 0 Å². The van der Waals surface area contributed by atoms with Gasteiger partial charge in [0.1, 0.15) is 6.04 Å². The highest BCUT2D eigenvalue weighted by Gasteiger charge is 2.42. The van der Waals surface area contributed by atoms with Crippen molar-refractivity contribution in [2.24, 2.45) is 0 Å². The summed E-state index contributed by atoms with van der Waals surface area (Å²) in [7, 11) is 1.36. The van der Waals surface area contributed by atoms with Gasteiger partial charge in [-0.05, 0) is 13.3 Å². The van der Waals surface area contributed by atoms with Crippen LogP contribution < -0.4 is 0 Å². The number of rotatable bonds is 1. The maximum Gasteiger partial charge on any atom is 0.257 e. The van der Waals surface area contributed by atoms with Gasteiger partial charge in [-0.1, -0.05) is 0 Å². The molecule has 90 valence electrons. The van der Waals surface area contributed by atoms with Crippen LogP contribution in [0.1, 0.15) is 19.8 Å². The molecule has 0 saturated carbocycles. The Morgan fingerprint density at radius 1 is 1.24 bits per heavy atom. The number of hydrogen-bond acceptors (Lipinski definition) is 4. The smallest absolute Gasteiger partial charge is 0.257 e. The third-order valence-electron chi connectivity index (χ3n) is 3.07. The third-order valence-corrected chi connectivity index (χ3v) is 3.07. The molecule has 0 bridgehead atoms. The average Bonchev–Trinajstić information content (AvgIpc) is 2.52. The monoisotopic (exact) mass is 236 g/mol. The van der Waals surface area contributed by atoms with Crippen molar-refractivity contribution < 1.29 is 19.2 Å². The van der Waals surface area contributed by atoms with Gasteiger partial charge >= 0.3 is 0 Å². The van der Waals surface area contributed by atoms with E-state index in [0.717, 1.165) is 9.80 Å². The van der Waals surface area contributed by atoms with Gasteiger partial charge in [0, 0.05) is 25.1 Å². The predicted octanol–water partition coefficient (Wildman–Crippen LogP) is -0.551. The maximum absolute atomic E-state index is 11.9. The lowest BCUT2D eigenvalue weighted by atomic mass is 10.0. The molecule has 6 heteroatoms. The molecule has 0 spiro atoms. The zero-order chi connectivity index (χ0) is 12.7. The number of amides is 4. The average molecular weight is 236 g/mol. The molecular weight excluding hydrogens is 224 g/mol. The minimum Gasteiger partial charge on any atom is -0.284 e. The van der Waals surface area contributed by atoms with Crippen molar-refractivity contribution in [3.63, 3.8) is 0 Å². The first-order valence-corrected chi connectivity index (χ1v) is 5.29. The molecule has 6 nitrogen and oxygen atoms in total. The first-order valence-electron chi connectivity index (χ1n) is 5.29. The summed E-state index contributed by atoms with van der Waals surface area (Å²) >= 11 is 0. The molecule has 0 aromatic rings. The van der Waals surface area contributed by atoms with Crippen molar-refractivity contribution in [1.29, 1.82) is 0 Å². The summed E-state index contributed by atoms with van der Waals surface area (Å²) < 4.78 is 0. The van der Waals surface area contributed by atoms with E-state index < -0.39 is 23.8 Å². The van der Waals surface area contributed by atoms with Gasteiger partial charge in [-0.25, -0.2) is 0 Å². The van der Waals surface area contributed by atoms with Gasteiger partial charge in [-0.2, -0.15) is 0 Å². The maximum atomic E-state index is 11.9. The van der Waals surface area contributed by atoms with Crippen LogP contribution in [0.2, 0.25) is 0 Å². The molecule has 1 atom stereocenters. The number of carbonyl (C=O) groups excluding carboxylic acids is 4. The molecule has 0 aromatic heterocycles. The lowest BCUT2D eigenvalue weighted by molar-refractivity contribution is -0.157. The zero-order valence-corrected chi connectivity index (χ0v) is 9.60. The molecule has 1 fully saturated rings. The van der Waals surface area contributed by atoms with Crippen LogP contribution in [-0.2, 0) is 19.2 Å². The summed E-state index contributed by atoms with van der Waals surface area (Å²) in [4.78, 5) is 48.4. The Balaban J connectivity index is 2.25. The van der Waals surface area contributed by atoms with E-state index in [2.05, 4.69) is 0 Å². The second-order valence-corrected chi connectivity index (χ2v) is 4.19. The van der Waals surface area contributed by atoms with Crippen molar-refractivity contribution in [2.75, 3.05) is 7.05 Å². The van der Waals surface area contributed by atoms with Crippen LogP contribution in [0.25, 0.3) is 0 Å². The van der Waals surface area contributed by atoms with E-state index >= 15 is 0 Å². The Morgan fingerprint density at radius 3 is 2.41 bits per heavy atom. The number of piperidine rings is 1. The molecule has 1 saturated heterocycles. The topological polar surface area (TPSA) is 74.8 Å².